The first-order chi connectivity index (χ1) is 5.97. The van der Waals surface area contributed by atoms with E-state index in [4.69, 9.17) is 0 Å². The highest BCUT2D eigenvalue weighted by Gasteiger charge is 2.17. The highest BCUT2D eigenvalue weighted by molar-refractivity contribution is 9.10. The number of hydrogen-bond acceptors (Lipinski definition) is 3. The fourth-order valence-corrected chi connectivity index (χ4v) is 2.96. The predicted molar refractivity (Wildman–Crippen MR) is 63.3 cm³/mol. The molecule has 0 bridgehead atoms. The number of hydrogen-bond donors (Lipinski definition) is 0. The van der Waals surface area contributed by atoms with Gasteiger partial charge in [-0.3, -0.25) is 0 Å². The van der Waals surface area contributed by atoms with Gasteiger partial charge in [0.15, 0.2) is 0 Å². The van der Waals surface area contributed by atoms with E-state index in [-0.39, 0.29) is 17.3 Å². The Morgan fingerprint density at radius 1 is 1.36 bits per heavy atom. The average molecular weight is 366 g/mol. The number of rotatable bonds is 2. The third-order valence-corrected chi connectivity index (χ3v) is 4.46. The summed E-state index contributed by atoms with van der Waals surface area (Å²) in [7, 11) is -3.68. The molecule has 0 saturated carbocycles. The SMILES string of the molecule is Cc1ccc(S(=O)(=O)OBr)c(Br)c1.Cl. The Kier molecular flexibility index (Phi) is 5.61. The Morgan fingerprint density at radius 3 is 2.36 bits per heavy atom. The molecule has 0 amide bonds. The van der Waals surface area contributed by atoms with Gasteiger partial charge in [-0.2, -0.15) is 11.7 Å². The molecule has 1 rings (SSSR count). The van der Waals surface area contributed by atoms with E-state index in [1.807, 2.05) is 6.92 Å². The molecule has 0 radical (unpaired) electrons. The minimum absolute atomic E-state index is 0. The van der Waals surface area contributed by atoms with Crippen molar-refractivity contribution in [3.05, 3.63) is 28.2 Å². The molecule has 0 heterocycles. The van der Waals surface area contributed by atoms with Crippen molar-refractivity contribution in [2.75, 3.05) is 0 Å². The van der Waals surface area contributed by atoms with Gasteiger partial charge in [-0.05, 0) is 40.5 Å². The number of benzene rings is 1. The predicted octanol–water partition coefficient (Wildman–Crippen LogP) is 3.19. The molecule has 0 N–H and O–H groups in total. The molecule has 3 nitrogen and oxygen atoms in total. The van der Waals surface area contributed by atoms with Gasteiger partial charge in [0.05, 0.1) is 0 Å². The molecule has 0 saturated heterocycles. The summed E-state index contributed by atoms with van der Waals surface area (Å²) < 4.78 is 27.2. The minimum Gasteiger partial charge on any atom is -0.193 e. The second-order valence-electron chi connectivity index (χ2n) is 2.45. The van der Waals surface area contributed by atoms with Crippen LogP contribution in [-0.2, 0) is 13.4 Å². The van der Waals surface area contributed by atoms with Crippen LogP contribution in [-0.4, -0.2) is 8.42 Å². The highest BCUT2D eigenvalue weighted by atomic mass is 79.9. The molecule has 0 fully saturated rings. The summed E-state index contributed by atoms with van der Waals surface area (Å²) in [5, 5.41) is 0. The lowest BCUT2D eigenvalue weighted by atomic mass is 10.2. The van der Waals surface area contributed by atoms with Crippen LogP contribution in [0.5, 0.6) is 0 Å². The van der Waals surface area contributed by atoms with Gasteiger partial charge >= 0.3 is 10.1 Å². The summed E-state index contributed by atoms with van der Waals surface area (Å²) in [6.07, 6.45) is 0. The third-order valence-electron chi connectivity index (χ3n) is 1.44. The van der Waals surface area contributed by atoms with Crippen molar-refractivity contribution in [3.63, 3.8) is 0 Å². The molecule has 0 aliphatic rings. The molecule has 1 aromatic carbocycles. The van der Waals surface area contributed by atoms with Gasteiger partial charge in [0.25, 0.3) is 0 Å². The van der Waals surface area contributed by atoms with Crippen LogP contribution >= 0.6 is 44.6 Å². The quantitative estimate of drug-likeness (QED) is 0.807. The fourth-order valence-electron chi connectivity index (χ4n) is 0.843. The molecule has 0 unspecified atom stereocenters. The largest absolute Gasteiger partial charge is 0.308 e. The van der Waals surface area contributed by atoms with Crippen LogP contribution in [0.2, 0.25) is 0 Å². The standard InChI is InChI=1S/C7H6Br2O3S.ClH/c1-5-2-3-7(6(8)4-5)13(10,11)12-9;/h2-4H,1H3;1H. The summed E-state index contributed by atoms with van der Waals surface area (Å²) >= 11 is 5.60. The van der Waals surface area contributed by atoms with Crippen LogP contribution in [0, 0.1) is 6.92 Å². The molecule has 7 heteroatoms. The molecule has 0 spiro atoms. The van der Waals surface area contributed by atoms with Crippen LogP contribution in [0.25, 0.3) is 0 Å². The molecule has 0 aliphatic carbocycles. The van der Waals surface area contributed by atoms with E-state index >= 15 is 0 Å². The Bertz CT molecular complexity index is 419. The zero-order chi connectivity index (χ0) is 10.1. The smallest absolute Gasteiger partial charge is 0.193 e. The summed E-state index contributed by atoms with van der Waals surface area (Å²) in [4.78, 5) is 0.106. The van der Waals surface area contributed by atoms with E-state index in [1.165, 1.54) is 6.07 Å². The van der Waals surface area contributed by atoms with E-state index in [2.05, 4.69) is 35.5 Å². The van der Waals surface area contributed by atoms with Crippen molar-refractivity contribution >= 4 is 54.7 Å². The fraction of sp³-hybridized carbons (Fsp3) is 0.143. The topological polar surface area (TPSA) is 43.4 Å². The van der Waals surface area contributed by atoms with Gasteiger partial charge in [0.1, 0.15) is 21.2 Å². The van der Waals surface area contributed by atoms with Gasteiger partial charge in [0, 0.05) is 4.47 Å². The number of aryl methyl sites for hydroxylation is 1. The monoisotopic (exact) mass is 364 g/mol. The van der Waals surface area contributed by atoms with E-state index in [9.17, 15) is 8.42 Å². The van der Waals surface area contributed by atoms with Gasteiger partial charge in [-0.15, -0.1) is 12.4 Å². The van der Waals surface area contributed by atoms with E-state index in [1.54, 1.807) is 12.1 Å². The van der Waals surface area contributed by atoms with Crippen LogP contribution in [0.15, 0.2) is 27.6 Å². The second-order valence-corrected chi connectivity index (χ2v) is 5.57. The maximum absolute atomic E-state index is 11.2. The van der Waals surface area contributed by atoms with Gasteiger partial charge < -0.3 is 0 Å². The minimum atomic E-state index is -3.68. The van der Waals surface area contributed by atoms with Gasteiger partial charge in [-0.1, -0.05) is 6.07 Å². The zero-order valence-electron chi connectivity index (χ0n) is 7.03. The molecule has 14 heavy (non-hydrogen) atoms. The zero-order valence-corrected chi connectivity index (χ0v) is 11.8. The summed E-state index contributed by atoms with van der Waals surface area (Å²) in [6, 6.07) is 4.89. The maximum atomic E-state index is 11.2. The maximum Gasteiger partial charge on any atom is 0.308 e. The van der Waals surface area contributed by atoms with E-state index in [0.717, 1.165) is 5.56 Å². The van der Waals surface area contributed by atoms with Crippen molar-refractivity contribution in [3.8, 4) is 0 Å². The first-order valence-corrected chi connectivity index (χ1v) is 6.13. The highest BCUT2D eigenvalue weighted by Crippen LogP contribution is 2.25. The first-order valence-electron chi connectivity index (χ1n) is 3.29. The molecule has 0 aromatic heterocycles. The summed E-state index contributed by atoms with van der Waals surface area (Å²) in [5.41, 5.74) is 0.973. The Hall–Kier alpha value is 0.380. The second kappa shape index (κ2) is 5.46. The summed E-state index contributed by atoms with van der Waals surface area (Å²) in [6.45, 7) is 1.87. The average Bonchev–Trinajstić information content (AvgIpc) is 2.03. The van der Waals surface area contributed by atoms with Crippen molar-refractivity contribution in [1.82, 2.24) is 0 Å². The Morgan fingerprint density at radius 2 is 1.93 bits per heavy atom. The van der Waals surface area contributed by atoms with Crippen LogP contribution in [0.4, 0.5) is 0 Å². The lowest BCUT2D eigenvalue weighted by Gasteiger charge is -2.02. The lowest BCUT2D eigenvalue weighted by molar-refractivity contribution is 0.526. The van der Waals surface area contributed by atoms with Crippen molar-refractivity contribution in [2.45, 2.75) is 11.8 Å². The van der Waals surface area contributed by atoms with E-state index in [0.29, 0.717) is 4.47 Å². The van der Waals surface area contributed by atoms with E-state index < -0.39 is 10.1 Å². The van der Waals surface area contributed by atoms with Crippen LogP contribution in [0.3, 0.4) is 0 Å². The lowest BCUT2D eigenvalue weighted by Crippen LogP contribution is -2.00. The summed E-state index contributed by atoms with van der Waals surface area (Å²) in [5.74, 6) is 0. The van der Waals surface area contributed by atoms with Gasteiger partial charge in [0.2, 0.25) is 0 Å². The number of halogens is 3. The molecule has 80 valence electrons. The molecular formula is C7H7Br2ClO3S. The van der Waals surface area contributed by atoms with Crippen molar-refractivity contribution in [2.24, 2.45) is 0 Å². The molecule has 0 aliphatic heterocycles. The normalized spacial score (nSPS) is 10.8. The molecule has 0 atom stereocenters. The third kappa shape index (κ3) is 3.20. The Labute approximate surface area is 106 Å². The van der Waals surface area contributed by atoms with Gasteiger partial charge in [-0.25, -0.2) is 0 Å². The molecule has 1 aromatic rings. The molecular weight excluding hydrogens is 359 g/mol. The first kappa shape index (κ1) is 14.4. The van der Waals surface area contributed by atoms with Crippen molar-refractivity contribution in [1.29, 1.82) is 0 Å². The van der Waals surface area contributed by atoms with Crippen LogP contribution < -0.4 is 0 Å². The Balaban J connectivity index is 0.00000169. The van der Waals surface area contributed by atoms with Crippen LogP contribution in [0.1, 0.15) is 5.56 Å². The van der Waals surface area contributed by atoms with Crippen molar-refractivity contribution < 1.29 is 11.7 Å².